The van der Waals surface area contributed by atoms with Gasteiger partial charge in [0.25, 0.3) is 0 Å². The zero-order valence-corrected chi connectivity index (χ0v) is 18.6. The fourth-order valence-corrected chi connectivity index (χ4v) is 4.24. The van der Waals surface area contributed by atoms with Gasteiger partial charge in [-0.2, -0.15) is 4.99 Å². The summed E-state index contributed by atoms with van der Waals surface area (Å²) in [6.45, 7) is 3.43. The minimum atomic E-state index is -0.559. The molecule has 0 aliphatic heterocycles. The third-order valence-electron chi connectivity index (χ3n) is 4.67. The van der Waals surface area contributed by atoms with Crippen LogP contribution >= 0.6 is 11.3 Å². The van der Waals surface area contributed by atoms with Crippen molar-refractivity contribution >= 4 is 28.9 Å². The molecule has 0 spiro atoms. The van der Waals surface area contributed by atoms with Crippen LogP contribution < -0.4 is 4.80 Å². The van der Waals surface area contributed by atoms with Crippen LogP contribution in [0.25, 0.3) is 16.9 Å². The Morgan fingerprint density at radius 2 is 1.75 bits per heavy atom. The number of Topliss-reactive ketones (excluding diaryl/α,β-unsaturated/α-hetero) is 1. The number of para-hydroxylation sites is 1. The first-order chi connectivity index (χ1) is 15.6. The van der Waals surface area contributed by atoms with Crippen LogP contribution in [-0.4, -0.2) is 32.5 Å². The van der Waals surface area contributed by atoms with Crippen molar-refractivity contribution < 1.29 is 14.3 Å². The first-order valence-corrected chi connectivity index (χ1v) is 11.0. The van der Waals surface area contributed by atoms with E-state index in [1.807, 2.05) is 70.6 Å². The number of aromatic nitrogens is 3. The Kier molecular flexibility index (Phi) is 6.42. The number of ether oxygens (including phenoxy) is 1. The van der Waals surface area contributed by atoms with Crippen LogP contribution in [0.15, 0.2) is 77.4 Å². The summed E-state index contributed by atoms with van der Waals surface area (Å²) in [5, 5.41) is 2.03. The Bertz CT molecular complexity index is 1300. The largest absolute Gasteiger partial charge is 0.461 e. The van der Waals surface area contributed by atoms with Gasteiger partial charge in [0.15, 0.2) is 16.3 Å². The number of rotatable bonds is 7. The number of esters is 1. The number of thiazole rings is 1. The predicted molar refractivity (Wildman–Crippen MR) is 123 cm³/mol. The molecule has 0 fully saturated rings. The molecule has 0 unspecified atom stereocenters. The molecular weight excluding hydrogens is 424 g/mol. The SMILES string of the molecule is CCOC(=O)c1c(/N=c2\scc(-c3ccccc3)n2-c2ccccc2)ncn1CC(C)=O. The van der Waals surface area contributed by atoms with Crippen LogP contribution in [0.1, 0.15) is 24.3 Å². The zero-order chi connectivity index (χ0) is 22.5. The standard InChI is InChI=1S/C24H22N4O3S/c1-3-31-23(30)21-22(25-16-27(21)14-17(2)29)26-24-28(19-12-8-5-9-13-19)20(15-32-24)18-10-6-4-7-11-18/h4-13,15-16H,3,14H2,1-2H3/b26-24-. The highest BCUT2D eigenvalue weighted by atomic mass is 32.1. The summed E-state index contributed by atoms with van der Waals surface area (Å²) in [6.07, 6.45) is 1.45. The number of imidazole rings is 1. The lowest BCUT2D eigenvalue weighted by Crippen LogP contribution is -2.16. The van der Waals surface area contributed by atoms with Crippen LogP contribution in [0.3, 0.4) is 0 Å². The molecule has 0 N–H and O–H groups in total. The molecule has 8 heteroatoms. The average molecular weight is 447 g/mol. The van der Waals surface area contributed by atoms with E-state index >= 15 is 0 Å². The van der Waals surface area contributed by atoms with Gasteiger partial charge in [0.1, 0.15) is 5.78 Å². The molecule has 32 heavy (non-hydrogen) atoms. The topological polar surface area (TPSA) is 78.5 Å². The number of carbonyl (C=O) groups excluding carboxylic acids is 2. The molecular formula is C24H22N4O3S. The number of hydrogen-bond donors (Lipinski definition) is 0. The quantitative estimate of drug-likeness (QED) is 0.394. The van der Waals surface area contributed by atoms with E-state index in [0.29, 0.717) is 4.80 Å². The monoisotopic (exact) mass is 446 g/mol. The Balaban J connectivity index is 1.92. The molecule has 0 atom stereocenters. The summed E-state index contributed by atoms with van der Waals surface area (Å²) < 4.78 is 8.71. The number of ketones is 1. The van der Waals surface area contributed by atoms with Gasteiger partial charge in [-0.25, -0.2) is 9.78 Å². The minimum Gasteiger partial charge on any atom is -0.461 e. The fourth-order valence-electron chi connectivity index (χ4n) is 3.34. The Morgan fingerprint density at radius 3 is 2.41 bits per heavy atom. The van der Waals surface area contributed by atoms with Crippen LogP contribution in [-0.2, 0) is 16.1 Å². The van der Waals surface area contributed by atoms with Gasteiger partial charge in [-0.3, -0.25) is 9.36 Å². The van der Waals surface area contributed by atoms with Crippen molar-refractivity contribution in [3.05, 3.63) is 82.9 Å². The lowest BCUT2D eigenvalue weighted by molar-refractivity contribution is -0.117. The summed E-state index contributed by atoms with van der Waals surface area (Å²) >= 11 is 1.45. The molecule has 2 aromatic carbocycles. The van der Waals surface area contributed by atoms with Crippen molar-refractivity contribution in [2.24, 2.45) is 4.99 Å². The second-order valence-corrected chi connectivity index (χ2v) is 7.86. The van der Waals surface area contributed by atoms with Crippen molar-refractivity contribution in [3.8, 4) is 16.9 Å². The lowest BCUT2D eigenvalue weighted by atomic mass is 10.1. The van der Waals surface area contributed by atoms with Crippen molar-refractivity contribution in [2.45, 2.75) is 20.4 Å². The van der Waals surface area contributed by atoms with E-state index in [0.717, 1.165) is 16.9 Å². The number of carbonyl (C=O) groups is 2. The first-order valence-electron chi connectivity index (χ1n) is 10.2. The van der Waals surface area contributed by atoms with Crippen LogP contribution in [0.2, 0.25) is 0 Å². The summed E-state index contributed by atoms with van der Waals surface area (Å²) in [4.78, 5) is 34.0. The van der Waals surface area contributed by atoms with Gasteiger partial charge in [-0.1, -0.05) is 48.5 Å². The van der Waals surface area contributed by atoms with E-state index in [1.54, 1.807) is 6.92 Å². The van der Waals surface area contributed by atoms with Crippen molar-refractivity contribution in [3.63, 3.8) is 0 Å². The lowest BCUT2D eigenvalue weighted by Gasteiger charge is -2.09. The van der Waals surface area contributed by atoms with Crippen molar-refractivity contribution in [1.29, 1.82) is 0 Å². The summed E-state index contributed by atoms with van der Waals surface area (Å²) in [5.74, 6) is -0.437. The van der Waals surface area contributed by atoms with Gasteiger partial charge in [-0.15, -0.1) is 11.3 Å². The van der Waals surface area contributed by atoms with E-state index < -0.39 is 5.97 Å². The molecule has 0 aliphatic carbocycles. The second-order valence-electron chi connectivity index (χ2n) is 7.02. The van der Waals surface area contributed by atoms with E-state index in [1.165, 1.54) is 29.2 Å². The Morgan fingerprint density at radius 1 is 1.06 bits per heavy atom. The van der Waals surface area contributed by atoms with Gasteiger partial charge >= 0.3 is 5.97 Å². The molecule has 0 bridgehead atoms. The van der Waals surface area contributed by atoms with E-state index in [2.05, 4.69) is 4.98 Å². The summed E-state index contributed by atoms with van der Waals surface area (Å²) in [5.41, 5.74) is 3.12. The maximum Gasteiger partial charge on any atom is 0.358 e. The van der Waals surface area contributed by atoms with Crippen LogP contribution in [0, 0.1) is 0 Å². The molecule has 2 aromatic heterocycles. The van der Waals surface area contributed by atoms with Gasteiger partial charge in [0.05, 0.1) is 25.2 Å². The normalized spacial score (nSPS) is 11.5. The molecule has 162 valence electrons. The third kappa shape index (κ3) is 4.45. The van der Waals surface area contributed by atoms with Crippen molar-refractivity contribution in [2.75, 3.05) is 6.61 Å². The molecule has 0 amide bonds. The third-order valence-corrected chi connectivity index (χ3v) is 5.50. The van der Waals surface area contributed by atoms with E-state index in [-0.39, 0.29) is 30.4 Å². The fraction of sp³-hybridized carbons (Fsp3) is 0.167. The smallest absolute Gasteiger partial charge is 0.358 e. The Hall–Kier alpha value is -3.78. The molecule has 0 saturated carbocycles. The summed E-state index contributed by atoms with van der Waals surface area (Å²) in [6, 6.07) is 19.9. The van der Waals surface area contributed by atoms with Crippen molar-refractivity contribution in [1.82, 2.24) is 14.1 Å². The minimum absolute atomic E-state index is 0.0229. The predicted octanol–water partition coefficient (Wildman–Crippen LogP) is 4.40. The molecule has 2 heterocycles. The molecule has 0 aliphatic rings. The number of hydrogen-bond acceptors (Lipinski definition) is 6. The van der Waals surface area contributed by atoms with Crippen LogP contribution in [0.4, 0.5) is 5.82 Å². The molecule has 0 saturated heterocycles. The molecule has 4 rings (SSSR count). The van der Waals surface area contributed by atoms with Gasteiger partial charge in [0, 0.05) is 11.1 Å². The second kappa shape index (κ2) is 9.57. The molecule has 4 aromatic rings. The highest BCUT2D eigenvalue weighted by Gasteiger charge is 2.21. The van der Waals surface area contributed by atoms with Gasteiger partial charge < -0.3 is 9.30 Å². The maximum absolute atomic E-state index is 12.6. The number of benzene rings is 2. The zero-order valence-electron chi connectivity index (χ0n) is 17.8. The van der Waals surface area contributed by atoms with Crippen LogP contribution in [0.5, 0.6) is 0 Å². The maximum atomic E-state index is 12.6. The molecule has 0 radical (unpaired) electrons. The van der Waals surface area contributed by atoms with E-state index in [4.69, 9.17) is 9.73 Å². The average Bonchev–Trinajstić information content (AvgIpc) is 3.39. The molecule has 7 nitrogen and oxygen atoms in total. The highest BCUT2D eigenvalue weighted by Crippen LogP contribution is 2.24. The highest BCUT2D eigenvalue weighted by molar-refractivity contribution is 7.07. The van der Waals surface area contributed by atoms with Gasteiger partial charge in [-0.05, 0) is 31.5 Å². The summed E-state index contributed by atoms with van der Waals surface area (Å²) in [7, 11) is 0. The van der Waals surface area contributed by atoms with E-state index in [9.17, 15) is 9.59 Å². The Labute approximate surface area is 189 Å². The van der Waals surface area contributed by atoms with Gasteiger partial charge in [0.2, 0.25) is 0 Å². The first kappa shape index (κ1) is 21.5. The number of nitrogens with zero attached hydrogens (tertiary/aromatic N) is 4.